The van der Waals surface area contributed by atoms with Crippen LogP contribution >= 0.6 is 11.8 Å². The van der Waals surface area contributed by atoms with Crippen LogP contribution < -0.4 is 10.1 Å². The Bertz CT molecular complexity index is 1160. The van der Waals surface area contributed by atoms with Crippen molar-refractivity contribution in [2.24, 2.45) is 0 Å². The molecular formula is C26H26N4O2S. The SMILES string of the molecule is CCOc1cccc(NC(=O)CSc2nc3c(cc2C#N)CN(Cc2ccccc2)CC3)c1. The van der Waals surface area contributed by atoms with Gasteiger partial charge >= 0.3 is 0 Å². The fourth-order valence-corrected chi connectivity index (χ4v) is 4.61. The van der Waals surface area contributed by atoms with Gasteiger partial charge in [-0.05, 0) is 36.2 Å². The van der Waals surface area contributed by atoms with Crippen LogP contribution in [-0.2, 0) is 24.3 Å². The fourth-order valence-electron chi connectivity index (χ4n) is 3.84. The van der Waals surface area contributed by atoms with E-state index in [4.69, 9.17) is 9.72 Å². The van der Waals surface area contributed by atoms with E-state index in [1.807, 2.05) is 37.3 Å². The molecule has 1 aliphatic rings. The molecule has 4 rings (SSSR count). The molecule has 2 aromatic carbocycles. The van der Waals surface area contributed by atoms with E-state index in [9.17, 15) is 10.1 Å². The minimum atomic E-state index is -0.147. The number of carbonyl (C=O) groups excluding carboxylic acids is 1. The fraction of sp³-hybridized carbons (Fsp3) is 0.269. The van der Waals surface area contributed by atoms with Crippen LogP contribution in [-0.4, -0.2) is 34.7 Å². The van der Waals surface area contributed by atoms with Gasteiger partial charge in [0.05, 0.1) is 17.9 Å². The van der Waals surface area contributed by atoms with Crippen LogP contribution in [0.2, 0.25) is 0 Å². The zero-order valence-electron chi connectivity index (χ0n) is 18.6. The zero-order valence-corrected chi connectivity index (χ0v) is 19.4. The Kier molecular flexibility index (Phi) is 7.61. The van der Waals surface area contributed by atoms with Crippen LogP contribution in [0.15, 0.2) is 65.7 Å². The Labute approximate surface area is 198 Å². The molecular weight excluding hydrogens is 432 g/mol. The molecule has 0 saturated carbocycles. The Hall–Kier alpha value is -3.34. The van der Waals surface area contributed by atoms with E-state index in [0.29, 0.717) is 28.6 Å². The van der Waals surface area contributed by atoms with Crippen molar-refractivity contribution in [3.05, 3.63) is 83.0 Å². The number of hydrogen-bond acceptors (Lipinski definition) is 6. The Morgan fingerprint density at radius 1 is 1.21 bits per heavy atom. The zero-order chi connectivity index (χ0) is 23.0. The number of thioether (sulfide) groups is 1. The van der Waals surface area contributed by atoms with E-state index in [2.05, 4.69) is 40.6 Å². The van der Waals surface area contributed by atoms with Crippen molar-refractivity contribution in [2.45, 2.75) is 31.5 Å². The van der Waals surface area contributed by atoms with Gasteiger partial charge in [-0.3, -0.25) is 9.69 Å². The molecule has 1 N–H and O–H groups in total. The van der Waals surface area contributed by atoms with Gasteiger partial charge in [-0.25, -0.2) is 4.98 Å². The van der Waals surface area contributed by atoms with E-state index >= 15 is 0 Å². The molecule has 0 aliphatic carbocycles. The molecule has 0 unspecified atom stereocenters. The molecule has 0 radical (unpaired) electrons. The monoisotopic (exact) mass is 458 g/mol. The van der Waals surface area contributed by atoms with Gasteiger partial charge in [0.25, 0.3) is 0 Å². The van der Waals surface area contributed by atoms with Crippen LogP contribution in [0, 0.1) is 11.3 Å². The van der Waals surface area contributed by atoms with E-state index in [0.717, 1.165) is 37.3 Å². The average molecular weight is 459 g/mol. The van der Waals surface area contributed by atoms with E-state index in [-0.39, 0.29) is 11.7 Å². The van der Waals surface area contributed by atoms with E-state index < -0.39 is 0 Å². The van der Waals surface area contributed by atoms with Gasteiger partial charge in [-0.1, -0.05) is 48.2 Å². The molecule has 1 aliphatic heterocycles. The second kappa shape index (κ2) is 11.0. The van der Waals surface area contributed by atoms with E-state index in [1.165, 1.54) is 17.3 Å². The predicted molar refractivity (Wildman–Crippen MR) is 130 cm³/mol. The Morgan fingerprint density at radius 3 is 2.85 bits per heavy atom. The minimum Gasteiger partial charge on any atom is -0.494 e. The van der Waals surface area contributed by atoms with Crippen molar-refractivity contribution in [2.75, 3.05) is 24.2 Å². The number of rotatable bonds is 8. The summed E-state index contributed by atoms with van der Waals surface area (Å²) < 4.78 is 5.48. The second-order valence-electron chi connectivity index (χ2n) is 7.80. The minimum absolute atomic E-state index is 0.147. The Morgan fingerprint density at radius 2 is 2.06 bits per heavy atom. The third kappa shape index (κ3) is 6.13. The standard InChI is InChI=1S/C26H26N4O2S/c1-2-32-23-10-6-9-22(14-23)28-25(31)18-33-26-20(15-27)13-21-17-30(12-11-24(21)29-26)16-19-7-4-3-5-8-19/h3-10,13-14H,2,11-12,16-18H2,1H3,(H,28,31). The summed E-state index contributed by atoms with van der Waals surface area (Å²) in [6.45, 7) is 5.05. The van der Waals surface area contributed by atoms with Gasteiger partial charge in [0.2, 0.25) is 5.91 Å². The lowest BCUT2D eigenvalue weighted by molar-refractivity contribution is -0.113. The quantitative estimate of drug-likeness (QED) is 0.496. The van der Waals surface area contributed by atoms with Crippen molar-refractivity contribution < 1.29 is 9.53 Å². The molecule has 1 aromatic heterocycles. The van der Waals surface area contributed by atoms with Gasteiger partial charge in [0, 0.05) is 43.5 Å². The molecule has 0 spiro atoms. The first-order chi connectivity index (χ1) is 16.1. The Balaban J connectivity index is 1.38. The maximum absolute atomic E-state index is 12.5. The average Bonchev–Trinajstić information content (AvgIpc) is 2.83. The first-order valence-electron chi connectivity index (χ1n) is 11.0. The molecule has 0 fully saturated rings. The maximum atomic E-state index is 12.5. The number of ether oxygens (including phenoxy) is 1. The van der Waals surface area contributed by atoms with Crippen LogP contribution in [0.25, 0.3) is 0 Å². The van der Waals surface area contributed by atoms with Gasteiger partial charge in [-0.15, -0.1) is 0 Å². The van der Waals surface area contributed by atoms with Crippen LogP contribution in [0.1, 0.15) is 29.3 Å². The van der Waals surface area contributed by atoms with Crippen LogP contribution in [0.3, 0.4) is 0 Å². The summed E-state index contributed by atoms with van der Waals surface area (Å²) in [4.78, 5) is 19.6. The number of carbonyl (C=O) groups is 1. The highest BCUT2D eigenvalue weighted by molar-refractivity contribution is 8.00. The molecule has 33 heavy (non-hydrogen) atoms. The first-order valence-corrected chi connectivity index (χ1v) is 12.0. The molecule has 7 heteroatoms. The number of aromatic nitrogens is 1. The third-order valence-corrected chi connectivity index (χ3v) is 6.34. The summed E-state index contributed by atoms with van der Waals surface area (Å²) in [5, 5.41) is 13.2. The lowest BCUT2D eigenvalue weighted by atomic mass is 10.0. The molecule has 2 heterocycles. The highest BCUT2D eigenvalue weighted by Crippen LogP contribution is 2.27. The summed E-state index contributed by atoms with van der Waals surface area (Å²) in [7, 11) is 0. The lowest BCUT2D eigenvalue weighted by Gasteiger charge is -2.28. The van der Waals surface area contributed by atoms with Gasteiger partial charge in [0.1, 0.15) is 16.8 Å². The van der Waals surface area contributed by atoms with Crippen molar-refractivity contribution in [3.63, 3.8) is 0 Å². The normalized spacial score (nSPS) is 13.1. The number of nitrogens with one attached hydrogen (secondary N) is 1. The predicted octanol–water partition coefficient (Wildman–Crippen LogP) is 4.64. The van der Waals surface area contributed by atoms with Crippen molar-refractivity contribution in [3.8, 4) is 11.8 Å². The number of anilines is 1. The topological polar surface area (TPSA) is 78.2 Å². The molecule has 0 bridgehead atoms. The third-order valence-electron chi connectivity index (χ3n) is 5.35. The van der Waals surface area contributed by atoms with Crippen LogP contribution in [0.4, 0.5) is 5.69 Å². The number of nitriles is 1. The lowest BCUT2D eigenvalue weighted by Crippen LogP contribution is -2.31. The first kappa shape index (κ1) is 22.8. The smallest absolute Gasteiger partial charge is 0.234 e. The van der Waals surface area contributed by atoms with Crippen molar-refractivity contribution >= 4 is 23.4 Å². The molecule has 3 aromatic rings. The molecule has 6 nitrogen and oxygen atoms in total. The molecule has 0 saturated heterocycles. The van der Waals surface area contributed by atoms with Crippen LogP contribution in [0.5, 0.6) is 5.75 Å². The number of hydrogen-bond donors (Lipinski definition) is 1. The summed E-state index contributed by atoms with van der Waals surface area (Å²) in [5.41, 5.74) is 4.59. The number of benzene rings is 2. The van der Waals surface area contributed by atoms with Crippen molar-refractivity contribution in [1.29, 1.82) is 5.26 Å². The number of pyridine rings is 1. The summed E-state index contributed by atoms with van der Waals surface area (Å²) >= 11 is 1.30. The van der Waals surface area contributed by atoms with Gasteiger partial charge in [0.15, 0.2) is 0 Å². The van der Waals surface area contributed by atoms with Gasteiger partial charge in [-0.2, -0.15) is 5.26 Å². The molecule has 168 valence electrons. The van der Waals surface area contributed by atoms with E-state index in [1.54, 1.807) is 6.07 Å². The number of fused-ring (bicyclic) bond motifs is 1. The second-order valence-corrected chi connectivity index (χ2v) is 8.77. The summed E-state index contributed by atoms with van der Waals surface area (Å²) in [6, 6.07) is 21.9. The highest BCUT2D eigenvalue weighted by atomic mass is 32.2. The van der Waals surface area contributed by atoms with Gasteiger partial charge < -0.3 is 10.1 Å². The highest BCUT2D eigenvalue weighted by Gasteiger charge is 2.21. The summed E-state index contributed by atoms with van der Waals surface area (Å²) in [6.07, 6.45) is 0.831. The van der Waals surface area contributed by atoms with Crippen molar-refractivity contribution in [1.82, 2.24) is 9.88 Å². The summed E-state index contributed by atoms with van der Waals surface area (Å²) in [5.74, 6) is 0.748. The maximum Gasteiger partial charge on any atom is 0.234 e. The molecule has 1 amide bonds. The molecule has 0 atom stereocenters. The number of amides is 1. The largest absolute Gasteiger partial charge is 0.494 e. The number of nitrogens with zero attached hydrogens (tertiary/aromatic N) is 3.